The summed E-state index contributed by atoms with van der Waals surface area (Å²) in [6.45, 7) is 0. The second kappa shape index (κ2) is 5.58. The summed E-state index contributed by atoms with van der Waals surface area (Å²) in [5.74, 6) is 0.735. The molecule has 0 fully saturated rings. The minimum atomic E-state index is 0.519. The Morgan fingerprint density at radius 2 is 2.14 bits per heavy atom. The number of carbonyl (C=O) groups is 1. The second-order valence-corrected chi connectivity index (χ2v) is 4.44. The van der Waals surface area contributed by atoms with Crippen molar-refractivity contribution in [3.05, 3.63) is 60.6 Å². The van der Waals surface area contributed by atoms with Gasteiger partial charge in [0, 0.05) is 30.2 Å². The highest BCUT2D eigenvalue weighted by Gasteiger charge is 2.12. The number of aldehydes is 1. The van der Waals surface area contributed by atoms with Crippen LogP contribution >= 0.6 is 0 Å². The number of benzene rings is 1. The molecule has 0 radical (unpaired) electrons. The van der Waals surface area contributed by atoms with Crippen LogP contribution < -0.4 is 4.74 Å². The SMILES string of the molecule is COc1cccc(-n2cc(C=O)c(-c3cccnc3)n2)c1. The first-order valence-corrected chi connectivity index (χ1v) is 6.41. The van der Waals surface area contributed by atoms with Crippen LogP contribution in [0.15, 0.2) is 55.0 Å². The molecule has 0 spiro atoms. The maximum atomic E-state index is 11.3. The van der Waals surface area contributed by atoms with Crippen molar-refractivity contribution < 1.29 is 9.53 Å². The quantitative estimate of drug-likeness (QED) is 0.689. The standard InChI is InChI=1S/C16H13N3O2/c1-21-15-6-2-5-14(8-15)19-10-13(11-20)16(18-19)12-4-3-7-17-9-12/h2-11H,1H3. The van der Waals surface area contributed by atoms with E-state index in [1.807, 2.05) is 36.4 Å². The minimum Gasteiger partial charge on any atom is -0.497 e. The van der Waals surface area contributed by atoms with E-state index < -0.39 is 0 Å². The summed E-state index contributed by atoms with van der Waals surface area (Å²) < 4.78 is 6.86. The topological polar surface area (TPSA) is 57.0 Å². The average molecular weight is 279 g/mol. The third-order valence-corrected chi connectivity index (χ3v) is 3.12. The first-order valence-electron chi connectivity index (χ1n) is 6.41. The Labute approximate surface area is 121 Å². The Balaban J connectivity index is 2.09. The van der Waals surface area contributed by atoms with E-state index in [2.05, 4.69) is 10.1 Å². The predicted octanol–water partition coefficient (Wildman–Crippen LogP) is 2.76. The smallest absolute Gasteiger partial charge is 0.153 e. The lowest BCUT2D eigenvalue weighted by molar-refractivity contribution is 0.112. The van der Waals surface area contributed by atoms with Gasteiger partial charge in [0.05, 0.1) is 18.4 Å². The molecule has 0 aliphatic carbocycles. The molecule has 0 aliphatic rings. The Morgan fingerprint density at radius 1 is 1.24 bits per heavy atom. The van der Waals surface area contributed by atoms with Gasteiger partial charge in [-0.05, 0) is 24.3 Å². The van der Waals surface area contributed by atoms with E-state index in [1.165, 1.54) is 0 Å². The van der Waals surface area contributed by atoms with Gasteiger partial charge in [0.25, 0.3) is 0 Å². The van der Waals surface area contributed by atoms with Gasteiger partial charge in [0.1, 0.15) is 11.4 Å². The maximum Gasteiger partial charge on any atom is 0.153 e. The summed E-state index contributed by atoms with van der Waals surface area (Å²) in [5.41, 5.74) is 2.76. The number of carbonyl (C=O) groups excluding carboxylic acids is 1. The van der Waals surface area contributed by atoms with Crippen LogP contribution in [0.2, 0.25) is 0 Å². The summed E-state index contributed by atoms with van der Waals surface area (Å²) in [5, 5.41) is 4.49. The second-order valence-electron chi connectivity index (χ2n) is 4.44. The zero-order chi connectivity index (χ0) is 14.7. The van der Waals surface area contributed by atoms with E-state index in [9.17, 15) is 4.79 Å². The fourth-order valence-corrected chi connectivity index (χ4v) is 2.09. The van der Waals surface area contributed by atoms with Crippen LogP contribution in [0.4, 0.5) is 0 Å². The number of ether oxygens (including phenoxy) is 1. The van der Waals surface area contributed by atoms with Crippen LogP contribution in [-0.4, -0.2) is 28.2 Å². The first kappa shape index (κ1) is 13.1. The van der Waals surface area contributed by atoms with Gasteiger partial charge in [-0.2, -0.15) is 5.10 Å². The molecule has 0 N–H and O–H groups in total. The molecule has 5 nitrogen and oxygen atoms in total. The van der Waals surface area contributed by atoms with Crippen molar-refractivity contribution in [3.8, 4) is 22.7 Å². The molecule has 0 saturated heterocycles. The lowest BCUT2D eigenvalue weighted by atomic mass is 10.1. The third-order valence-electron chi connectivity index (χ3n) is 3.12. The van der Waals surface area contributed by atoms with Gasteiger partial charge in [0.15, 0.2) is 6.29 Å². The van der Waals surface area contributed by atoms with E-state index in [4.69, 9.17) is 4.74 Å². The predicted molar refractivity (Wildman–Crippen MR) is 78.7 cm³/mol. The number of hydrogen-bond donors (Lipinski definition) is 0. The summed E-state index contributed by atoms with van der Waals surface area (Å²) in [6.07, 6.45) is 5.87. The number of hydrogen-bond acceptors (Lipinski definition) is 4. The van der Waals surface area contributed by atoms with Crippen LogP contribution in [0.3, 0.4) is 0 Å². The van der Waals surface area contributed by atoms with Crippen molar-refractivity contribution in [1.82, 2.24) is 14.8 Å². The minimum absolute atomic E-state index is 0.519. The zero-order valence-corrected chi connectivity index (χ0v) is 11.4. The van der Waals surface area contributed by atoms with E-state index in [0.29, 0.717) is 11.3 Å². The van der Waals surface area contributed by atoms with E-state index in [-0.39, 0.29) is 0 Å². The molecule has 2 aromatic heterocycles. The van der Waals surface area contributed by atoms with Crippen molar-refractivity contribution in [2.75, 3.05) is 7.11 Å². The molecule has 2 heterocycles. The molecule has 3 aromatic rings. The Bertz CT molecular complexity index is 766. The monoisotopic (exact) mass is 279 g/mol. The van der Waals surface area contributed by atoms with Crippen molar-refractivity contribution in [2.45, 2.75) is 0 Å². The normalized spacial score (nSPS) is 10.3. The third kappa shape index (κ3) is 2.53. The van der Waals surface area contributed by atoms with Gasteiger partial charge in [-0.25, -0.2) is 4.68 Å². The van der Waals surface area contributed by atoms with Crippen molar-refractivity contribution in [1.29, 1.82) is 0 Å². The average Bonchev–Trinajstić information content (AvgIpc) is 3.00. The molecule has 0 bridgehead atoms. The summed E-state index contributed by atoms with van der Waals surface area (Å²) >= 11 is 0. The molecule has 0 unspecified atom stereocenters. The lowest BCUT2D eigenvalue weighted by Crippen LogP contribution is -1.95. The molecule has 0 aliphatic heterocycles. The number of pyridine rings is 1. The van der Waals surface area contributed by atoms with Crippen LogP contribution in [0.5, 0.6) is 5.75 Å². The molecule has 5 heteroatoms. The summed E-state index contributed by atoms with van der Waals surface area (Å²) in [7, 11) is 1.61. The van der Waals surface area contributed by atoms with Gasteiger partial charge in [-0.1, -0.05) is 6.07 Å². The highest BCUT2D eigenvalue weighted by atomic mass is 16.5. The van der Waals surface area contributed by atoms with Gasteiger partial charge in [-0.3, -0.25) is 9.78 Å². The van der Waals surface area contributed by atoms with E-state index in [1.54, 1.807) is 30.4 Å². The number of aromatic nitrogens is 3. The van der Waals surface area contributed by atoms with Crippen LogP contribution in [-0.2, 0) is 0 Å². The Morgan fingerprint density at radius 3 is 2.86 bits per heavy atom. The van der Waals surface area contributed by atoms with Crippen molar-refractivity contribution in [3.63, 3.8) is 0 Å². The molecule has 3 rings (SSSR count). The number of rotatable bonds is 4. The van der Waals surface area contributed by atoms with Crippen LogP contribution in [0, 0.1) is 0 Å². The number of methoxy groups -OCH3 is 1. The fraction of sp³-hybridized carbons (Fsp3) is 0.0625. The first-order chi connectivity index (χ1) is 10.3. The summed E-state index contributed by atoms with van der Waals surface area (Å²) in [6, 6.07) is 11.2. The Hall–Kier alpha value is -2.95. The highest BCUT2D eigenvalue weighted by molar-refractivity contribution is 5.85. The zero-order valence-electron chi connectivity index (χ0n) is 11.4. The molecular weight excluding hydrogens is 266 g/mol. The molecule has 21 heavy (non-hydrogen) atoms. The molecule has 104 valence electrons. The van der Waals surface area contributed by atoms with Crippen molar-refractivity contribution in [2.24, 2.45) is 0 Å². The molecule has 1 aromatic carbocycles. The van der Waals surface area contributed by atoms with Crippen LogP contribution in [0.1, 0.15) is 10.4 Å². The van der Waals surface area contributed by atoms with Gasteiger partial charge >= 0.3 is 0 Å². The van der Waals surface area contributed by atoms with Gasteiger partial charge in [-0.15, -0.1) is 0 Å². The van der Waals surface area contributed by atoms with Crippen molar-refractivity contribution >= 4 is 6.29 Å². The summed E-state index contributed by atoms with van der Waals surface area (Å²) in [4.78, 5) is 15.3. The van der Waals surface area contributed by atoms with Gasteiger partial charge in [0.2, 0.25) is 0 Å². The molecule has 0 atom stereocenters. The fourth-order valence-electron chi connectivity index (χ4n) is 2.09. The van der Waals surface area contributed by atoms with E-state index >= 15 is 0 Å². The largest absolute Gasteiger partial charge is 0.497 e. The molecule has 0 saturated carbocycles. The van der Waals surface area contributed by atoms with Gasteiger partial charge < -0.3 is 4.74 Å². The number of nitrogens with zero attached hydrogens (tertiary/aromatic N) is 3. The Kier molecular flexibility index (Phi) is 3.47. The van der Waals surface area contributed by atoms with E-state index in [0.717, 1.165) is 23.3 Å². The maximum absolute atomic E-state index is 11.3. The molecular formula is C16H13N3O2. The van der Waals surface area contributed by atoms with Crippen LogP contribution in [0.25, 0.3) is 16.9 Å². The lowest BCUT2D eigenvalue weighted by Gasteiger charge is -2.04. The molecule has 0 amide bonds. The highest BCUT2D eigenvalue weighted by Crippen LogP contribution is 2.23.